The molecule has 2 nitrogen and oxygen atoms in total. The molecule has 8 aromatic rings. The molecule has 2 heterocycles. The highest BCUT2D eigenvalue weighted by Crippen LogP contribution is 2.53. The Balaban J connectivity index is 1.17. The van der Waals surface area contributed by atoms with Crippen LogP contribution in [0, 0.1) is 0 Å². The van der Waals surface area contributed by atoms with Gasteiger partial charge >= 0.3 is 0 Å². The summed E-state index contributed by atoms with van der Waals surface area (Å²) in [5, 5.41) is 2.29. The Morgan fingerprint density at radius 3 is 1.56 bits per heavy atom. The van der Waals surface area contributed by atoms with Crippen LogP contribution in [0.3, 0.4) is 0 Å². The number of benzene rings is 7. The highest BCUT2D eigenvalue weighted by atomic mass is 32.2. The quantitative estimate of drug-likeness (QED) is 0.202. The van der Waals surface area contributed by atoms with Crippen molar-refractivity contribution in [3.63, 3.8) is 0 Å². The van der Waals surface area contributed by atoms with Gasteiger partial charge in [-0.3, -0.25) is 0 Å². The van der Waals surface area contributed by atoms with Crippen molar-refractivity contribution >= 4 is 50.8 Å². The van der Waals surface area contributed by atoms with E-state index < -0.39 is 0 Å². The molecule has 0 unspecified atom stereocenters. The number of hydrogen-bond acceptors (Lipinski definition) is 3. The van der Waals surface area contributed by atoms with E-state index in [2.05, 4.69) is 157 Å². The number of anilines is 3. The molecule has 0 amide bonds. The van der Waals surface area contributed by atoms with Crippen LogP contribution in [0.25, 0.3) is 55.3 Å². The summed E-state index contributed by atoms with van der Waals surface area (Å²) >= 11 is 1.85. The van der Waals surface area contributed by atoms with E-state index in [4.69, 9.17) is 4.42 Å². The van der Waals surface area contributed by atoms with Gasteiger partial charge in [0.15, 0.2) is 0 Å². The zero-order valence-corrected chi connectivity index (χ0v) is 25.2. The molecule has 3 heteroatoms. The van der Waals surface area contributed by atoms with E-state index in [1.807, 2.05) is 23.9 Å². The molecule has 0 radical (unpaired) electrons. The van der Waals surface area contributed by atoms with Crippen LogP contribution in [0.5, 0.6) is 0 Å². The maximum atomic E-state index is 6.11. The average molecular weight is 594 g/mol. The molecule has 0 fully saturated rings. The summed E-state index contributed by atoms with van der Waals surface area (Å²) < 4.78 is 6.11. The van der Waals surface area contributed by atoms with Crippen molar-refractivity contribution in [1.29, 1.82) is 0 Å². The molecule has 0 saturated heterocycles. The first kappa shape index (κ1) is 25.9. The van der Waals surface area contributed by atoms with Gasteiger partial charge in [0.1, 0.15) is 11.2 Å². The smallest absolute Gasteiger partial charge is 0.135 e. The molecule has 0 N–H and O–H groups in total. The molecule has 0 aliphatic carbocycles. The third-order valence-corrected chi connectivity index (χ3v) is 9.76. The van der Waals surface area contributed by atoms with E-state index in [1.165, 1.54) is 54.5 Å². The second-order valence-electron chi connectivity index (χ2n) is 11.4. The van der Waals surface area contributed by atoms with Crippen LogP contribution in [0.15, 0.2) is 178 Å². The number of fused-ring (bicyclic) bond motifs is 5. The number of para-hydroxylation sites is 1. The van der Waals surface area contributed by atoms with Crippen LogP contribution in [0.2, 0.25) is 0 Å². The van der Waals surface area contributed by atoms with E-state index in [0.717, 1.165) is 27.6 Å². The molecular weight excluding hydrogens is 567 g/mol. The SMILES string of the molecule is c1ccc(-c2ccc(N3c4ccc(-c5ccccc5)cc4Sc4cc(-c5ccc6oc7ccccc7c6c5)ccc43)cc2)cc1. The Morgan fingerprint density at radius 1 is 0.378 bits per heavy atom. The largest absolute Gasteiger partial charge is 0.456 e. The molecule has 0 spiro atoms. The zero-order valence-electron chi connectivity index (χ0n) is 24.4. The monoisotopic (exact) mass is 593 g/mol. The van der Waals surface area contributed by atoms with Crippen LogP contribution in [-0.2, 0) is 0 Å². The standard InChI is InChI=1S/C42H27NOS/c1-3-9-28(10-4-1)30-15-20-34(21-16-30)43-37-22-17-32(29-11-5-2-6-12-29)26-41(37)45-42-27-33(18-23-38(42)43)31-19-24-40-36(25-31)35-13-7-8-14-39(35)44-40/h1-27H. The predicted octanol–water partition coefficient (Wildman–Crippen LogP) is 12.5. The number of hydrogen-bond donors (Lipinski definition) is 0. The molecule has 0 bridgehead atoms. The van der Waals surface area contributed by atoms with E-state index >= 15 is 0 Å². The lowest BCUT2D eigenvalue weighted by Gasteiger charge is -2.33. The lowest BCUT2D eigenvalue weighted by atomic mass is 10.0. The number of rotatable bonds is 4. The molecule has 212 valence electrons. The van der Waals surface area contributed by atoms with Crippen molar-refractivity contribution in [1.82, 2.24) is 0 Å². The lowest BCUT2D eigenvalue weighted by Crippen LogP contribution is -2.15. The van der Waals surface area contributed by atoms with Gasteiger partial charge in [-0.2, -0.15) is 0 Å². The zero-order chi connectivity index (χ0) is 29.7. The molecule has 0 saturated carbocycles. The van der Waals surface area contributed by atoms with Gasteiger partial charge in [0.05, 0.1) is 11.4 Å². The third kappa shape index (κ3) is 4.52. The Morgan fingerprint density at radius 2 is 0.867 bits per heavy atom. The minimum atomic E-state index is 0.916. The minimum Gasteiger partial charge on any atom is -0.456 e. The lowest BCUT2D eigenvalue weighted by molar-refractivity contribution is 0.669. The number of nitrogens with zero attached hydrogens (tertiary/aromatic N) is 1. The van der Waals surface area contributed by atoms with Crippen LogP contribution >= 0.6 is 11.8 Å². The van der Waals surface area contributed by atoms with E-state index in [-0.39, 0.29) is 0 Å². The molecule has 45 heavy (non-hydrogen) atoms. The first-order valence-electron chi connectivity index (χ1n) is 15.2. The number of furan rings is 1. The minimum absolute atomic E-state index is 0.916. The molecule has 1 aromatic heterocycles. The normalized spacial score (nSPS) is 12.3. The van der Waals surface area contributed by atoms with Crippen molar-refractivity contribution in [2.75, 3.05) is 4.90 Å². The fourth-order valence-electron chi connectivity index (χ4n) is 6.42. The van der Waals surface area contributed by atoms with Gasteiger partial charge in [-0.15, -0.1) is 0 Å². The Bertz CT molecular complexity index is 2340. The van der Waals surface area contributed by atoms with Gasteiger partial charge in [0.25, 0.3) is 0 Å². The summed E-state index contributed by atoms with van der Waals surface area (Å²) in [7, 11) is 0. The van der Waals surface area contributed by atoms with Crippen LogP contribution < -0.4 is 4.90 Å². The van der Waals surface area contributed by atoms with Crippen molar-refractivity contribution in [3.05, 3.63) is 164 Å². The van der Waals surface area contributed by atoms with Gasteiger partial charge in [-0.05, 0) is 88.0 Å². The van der Waals surface area contributed by atoms with Gasteiger partial charge in [0.2, 0.25) is 0 Å². The molecule has 7 aromatic carbocycles. The summed E-state index contributed by atoms with van der Waals surface area (Å²) in [5.41, 5.74) is 12.6. The summed E-state index contributed by atoms with van der Waals surface area (Å²) in [4.78, 5) is 4.88. The fourth-order valence-corrected chi connectivity index (χ4v) is 7.55. The van der Waals surface area contributed by atoms with E-state index in [9.17, 15) is 0 Å². The van der Waals surface area contributed by atoms with Gasteiger partial charge < -0.3 is 9.32 Å². The summed E-state index contributed by atoms with van der Waals surface area (Å²) in [6.07, 6.45) is 0. The molecule has 1 aliphatic heterocycles. The van der Waals surface area contributed by atoms with Crippen molar-refractivity contribution < 1.29 is 4.42 Å². The summed E-state index contributed by atoms with van der Waals surface area (Å²) in [6.45, 7) is 0. The Hall–Kier alpha value is -5.51. The molecule has 1 aliphatic rings. The molecular formula is C42H27NOS. The predicted molar refractivity (Wildman–Crippen MR) is 189 cm³/mol. The highest BCUT2D eigenvalue weighted by Gasteiger charge is 2.26. The second-order valence-corrected chi connectivity index (χ2v) is 12.5. The van der Waals surface area contributed by atoms with E-state index in [0.29, 0.717) is 0 Å². The second kappa shape index (κ2) is 10.6. The van der Waals surface area contributed by atoms with Crippen LogP contribution in [0.1, 0.15) is 0 Å². The maximum absolute atomic E-state index is 6.11. The van der Waals surface area contributed by atoms with Crippen molar-refractivity contribution in [2.24, 2.45) is 0 Å². The van der Waals surface area contributed by atoms with Gasteiger partial charge in [-0.25, -0.2) is 0 Å². The third-order valence-electron chi connectivity index (χ3n) is 8.67. The highest BCUT2D eigenvalue weighted by molar-refractivity contribution is 7.99. The van der Waals surface area contributed by atoms with Crippen molar-refractivity contribution in [2.45, 2.75) is 9.79 Å². The van der Waals surface area contributed by atoms with Gasteiger partial charge in [0, 0.05) is 26.3 Å². The Kier molecular flexibility index (Phi) is 6.10. The van der Waals surface area contributed by atoms with Crippen LogP contribution in [-0.4, -0.2) is 0 Å². The average Bonchev–Trinajstić information content (AvgIpc) is 3.49. The first-order valence-corrected chi connectivity index (χ1v) is 16.0. The van der Waals surface area contributed by atoms with Crippen molar-refractivity contribution in [3.8, 4) is 33.4 Å². The molecule has 9 rings (SSSR count). The summed E-state index contributed by atoms with van der Waals surface area (Å²) in [5.74, 6) is 0. The topological polar surface area (TPSA) is 16.4 Å². The van der Waals surface area contributed by atoms with E-state index in [1.54, 1.807) is 0 Å². The maximum Gasteiger partial charge on any atom is 0.135 e. The summed E-state index contributed by atoms with van der Waals surface area (Å²) in [6, 6.07) is 58.6. The molecule has 0 atom stereocenters. The first-order chi connectivity index (χ1) is 22.3. The fraction of sp³-hybridized carbons (Fsp3) is 0. The van der Waals surface area contributed by atoms with Gasteiger partial charge in [-0.1, -0.05) is 121 Å². The van der Waals surface area contributed by atoms with Crippen LogP contribution in [0.4, 0.5) is 17.1 Å². The Labute approximate surface area is 266 Å².